The van der Waals surface area contributed by atoms with E-state index in [1.165, 1.54) is 18.2 Å². The first-order chi connectivity index (χ1) is 16.3. The van der Waals surface area contributed by atoms with Crippen LogP contribution in [0, 0.1) is 0 Å². The maximum absolute atomic E-state index is 12.0. The molecule has 1 fully saturated rings. The topological polar surface area (TPSA) is 202 Å². The summed E-state index contributed by atoms with van der Waals surface area (Å²) in [6.45, 7) is 3.84. The van der Waals surface area contributed by atoms with E-state index in [2.05, 4.69) is 10.6 Å². The molecule has 2 rings (SSSR count). The van der Waals surface area contributed by atoms with Crippen LogP contribution >= 0.6 is 0 Å². The lowest BCUT2D eigenvalue weighted by Crippen LogP contribution is -2.76. The lowest BCUT2D eigenvalue weighted by molar-refractivity contribution is -0.284. The number of amides is 2. The molecular weight excluding hydrogens is 470 g/mol. The number of nitrogens with two attached hydrogens (primary N) is 1. The Hall–Kier alpha value is -3.91. The number of rotatable bonds is 8. The summed E-state index contributed by atoms with van der Waals surface area (Å²) in [6, 6.07) is 5.91. The Morgan fingerprint density at radius 3 is 2.20 bits per heavy atom. The number of ether oxygens (including phenoxy) is 5. The Morgan fingerprint density at radius 1 is 1.03 bits per heavy atom. The zero-order valence-corrected chi connectivity index (χ0v) is 19.4. The van der Waals surface area contributed by atoms with E-state index in [1.54, 1.807) is 6.07 Å². The molecule has 5 atom stereocenters. The van der Waals surface area contributed by atoms with Crippen LogP contribution in [0.5, 0.6) is 5.75 Å². The summed E-state index contributed by atoms with van der Waals surface area (Å²) >= 11 is 0. The maximum Gasteiger partial charge on any atom is 0.410 e. The molecule has 192 valence electrons. The molecule has 0 spiro atoms. The largest absolute Gasteiger partial charge is 0.463 e. The minimum atomic E-state index is -2.54. The van der Waals surface area contributed by atoms with Gasteiger partial charge < -0.3 is 45.2 Å². The summed E-state index contributed by atoms with van der Waals surface area (Å²) in [5, 5.41) is 16.6. The van der Waals surface area contributed by atoms with Gasteiger partial charge in [0.25, 0.3) is 0 Å². The van der Waals surface area contributed by atoms with Crippen LogP contribution in [0.1, 0.15) is 27.7 Å². The SMILES string of the molecule is CC(=O)N[C@]1(O)[C@H](Nc2ccccc2OC(N)=O)O[C@H](COC(C)=O)[C@@H](OC(C)=O)[C@@H]1OC(C)=O. The molecule has 0 saturated carbocycles. The number of hydrogen-bond donors (Lipinski definition) is 4. The number of benzene rings is 1. The molecular formula is C21H27N3O11. The van der Waals surface area contributed by atoms with Crippen molar-refractivity contribution in [2.45, 2.75) is 58.0 Å². The van der Waals surface area contributed by atoms with Crippen LogP contribution in [-0.2, 0) is 38.1 Å². The highest BCUT2D eigenvalue weighted by Crippen LogP contribution is 2.35. The fourth-order valence-electron chi connectivity index (χ4n) is 3.44. The average Bonchev–Trinajstić information content (AvgIpc) is 2.71. The molecule has 1 aliphatic heterocycles. The molecule has 1 heterocycles. The number of aliphatic hydroxyl groups is 1. The summed E-state index contributed by atoms with van der Waals surface area (Å²) in [5.41, 5.74) is 2.64. The molecule has 0 aliphatic carbocycles. The Labute approximate surface area is 200 Å². The minimum absolute atomic E-state index is 0.0588. The van der Waals surface area contributed by atoms with Crippen molar-refractivity contribution < 1.29 is 52.8 Å². The number of nitrogens with one attached hydrogen (secondary N) is 2. The Bertz CT molecular complexity index is 985. The Morgan fingerprint density at radius 2 is 1.66 bits per heavy atom. The van der Waals surface area contributed by atoms with Gasteiger partial charge in [0.05, 0.1) is 5.69 Å². The summed E-state index contributed by atoms with van der Waals surface area (Å²) in [7, 11) is 0. The molecule has 0 unspecified atom stereocenters. The summed E-state index contributed by atoms with van der Waals surface area (Å²) in [4.78, 5) is 58.5. The monoisotopic (exact) mass is 497 g/mol. The fourth-order valence-corrected chi connectivity index (χ4v) is 3.44. The van der Waals surface area contributed by atoms with E-state index in [1.807, 2.05) is 0 Å². The lowest BCUT2D eigenvalue weighted by atomic mass is 9.91. The molecule has 0 bridgehead atoms. The lowest BCUT2D eigenvalue weighted by Gasteiger charge is -2.50. The van der Waals surface area contributed by atoms with Crippen LogP contribution in [0.4, 0.5) is 10.5 Å². The molecule has 5 N–H and O–H groups in total. The molecule has 1 aromatic carbocycles. The number of esters is 3. The van der Waals surface area contributed by atoms with Gasteiger partial charge in [0.1, 0.15) is 12.7 Å². The second-order valence-electron chi connectivity index (χ2n) is 7.53. The molecule has 1 aliphatic rings. The minimum Gasteiger partial charge on any atom is -0.463 e. The molecule has 2 amide bonds. The van der Waals surface area contributed by atoms with Crippen molar-refractivity contribution in [2.75, 3.05) is 11.9 Å². The van der Waals surface area contributed by atoms with Gasteiger partial charge in [0.2, 0.25) is 11.6 Å². The normalized spacial score (nSPS) is 25.5. The maximum atomic E-state index is 12.0. The quantitative estimate of drug-likeness (QED) is 0.205. The zero-order valence-electron chi connectivity index (χ0n) is 19.4. The summed E-state index contributed by atoms with van der Waals surface area (Å²) in [5.74, 6) is -3.23. The first kappa shape index (κ1) is 27.3. The van der Waals surface area contributed by atoms with Crippen LogP contribution in [0.15, 0.2) is 24.3 Å². The summed E-state index contributed by atoms with van der Waals surface area (Å²) < 4.78 is 26.3. The predicted octanol–water partition coefficient (Wildman–Crippen LogP) is -0.468. The van der Waals surface area contributed by atoms with Crippen LogP contribution in [0.25, 0.3) is 0 Å². The molecule has 1 aromatic rings. The number of carbonyl (C=O) groups is 5. The van der Waals surface area contributed by atoms with E-state index in [-0.39, 0.29) is 11.4 Å². The van der Waals surface area contributed by atoms with Gasteiger partial charge in [0.15, 0.2) is 24.2 Å². The number of primary amides is 1. The van der Waals surface area contributed by atoms with Crippen molar-refractivity contribution in [3.8, 4) is 5.75 Å². The van der Waals surface area contributed by atoms with Gasteiger partial charge in [-0.2, -0.15) is 0 Å². The van der Waals surface area contributed by atoms with Crippen LogP contribution in [-0.4, -0.2) is 71.9 Å². The van der Waals surface area contributed by atoms with E-state index in [0.717, 1.165) is 27.7 Å². The van der Waals surface area contributed by atoms with Crippen molar-refractivity contribution in [3.05, 3.63) is 24.3 Å². The number of carbonyl (C=O) groups excluding carboxylic acids is 5. The van der Waals surface area contributed by atoms with Gasteiger partial charge in [0, 0.05) is 27.7 Å². The highest BCUT2D eigenvalue weighted by molar-refractivity contribution is 5.75. The molecule has 14 heteroatoms. The van der Waals surface area contributed by atoms with Crippen molar-refractivity contribution >= 4 is 35.6 Å². The van der Waals surface area contributed by atoms with Gasteiger partial charge in [-0.15, -0.1) is 0 Å². The third kappa shape index (κ3) is 7.28. The third-order valence-electron chi connectivity index (χ3n) is 4.62. The average molecular weight is 497 g/mol. The van der Waals surface area contributed by atoms with Gasteiger partial charge in [-0.3, -0.25) is 19.2 Å². The van der Waals surface area contributed by atoms with Gasteiger partial charge in [-0.25, -0.2) is 4.79 Å². The molecule has 14 nitrogen and oxygen atoms in total. The van der Waals surface area contributed by atoms with Crippen molar-refractivity contribution in [1.82, 2.24) is 5.32 Å². The van der Waals surface area contributed by atoms with E-state index in [4.69, 9.17) is 29.4 Å². The first-order valence-corrected chi connectivity index (χ1v) is 10.3. The van der Waals surface area contributed by atoms with E-state index in [9.17, 15) is 29.1 Å². The van der Waals surface area contributed by atoms with Crippen molar-refractivity contribution in [2.24, 2.45) is 5.73 Å². The number of hydrogen-bond acceptors (Lipinski definition) is 12. The van der Waals surface area contributed by atoms with Gasteiger partial charge in [-0.1, -0.05) is 12.1 Å². The zero-order chi connectivity index (χ0) is 26.3. The molecule has 0 aromatic heterocycles. The van der Waals surface area contributed by atoms with E-state index < -0.39 is 66.8 Å². The van der Waals surface area contributed by atoms with E-state index >= 15 is 0 Å². The highest BCUT2D eigenvalue weighted by Gasteiger charge is 2.60. The molecule has 35 heavy (non-hydrogen) atoms. The molecule has 0 radical (unpaired) electrons. The third-order valence-corrected chi connectivity index (χ3v) is 4.62. The van der Waals surface area contributed by atoms with Crippen molar-refractivity contribution in [1.29, 1.82) is 0 Å². The Kier molecular flexibility index (Phi) is 8.97. The van der Waals surface area contributed by atoms with Crippen LogP contribution in [0.2, 0.25) is 0 Å². The van der Waals surface area contributed by atoms with Crippen LogP contribution in [0.3, 0.4) is 0 Å². The second kappa shape index (κ2) is 11.5. The van der Waals surface area contributed by atoms with Crippen LogP contribution < -0.4 is 21.1 Å². The molecule has 1 saturated heterocycles. The first-order valence-electron chi connectivity index (χ1n) is 10.3. The number of para-hydroxylation sites is 2. The van der Waals surface area contributed by atoms with Crippen molar-refractivity contribution in [3.63, 3.8) is 0 Å². The Balaban J connectivity index is 2.59. The van der Waals surface area contributed by atoms with E-state index in [0.29, 0.717) is 0 Å². The number of anilines is 1. The van der Waals surface area contributed by atoms with Gasteiger partial charge in [-0.05, 0) is 12.1 Å². The van der Waals surface area contributed by atoms with Gasteiger partial charge >= 0.3 is 24.0 Å². The second-order valence-corrected chi connectivity index (χ2v) is 7.53. The fraction of sp³-hybridized carbons (Fsp3) is 0.476. The standard InChI is InChI=1S/C21H27N3O11/c1-10(25)24-21(30)18(33-13(4)28)17(32-12(3)27)16(9-31-11(2)26)34-19(21)23-14-7-5-6-8-15(14)35-20(22)29/h5-8,16-19,23,30H,9H2,1-4H3,(H2,22,29)(H,24,25)/t16-,17-,18+,19-,21-/m1/s1. The predicted molar refractivity (Wildman–Crippen MR) is 115 cm³/mol. The smallest absolute Gasteiger partial charge is 0.410 e. The highest BCUT2D eigenvalue weighted by atomic mass is 16.6. The summed E-state index contributed by atoms with van der Waals surface area (Å²) in [6.07, 6.45) is -7.27.